The lowest BCUT2D eigenvalue weighted by Crippen LogP contribution is -2.19. The molecule has 0 radical (unpaired) electrons. The Hall–Kier alpha value is -1.35. The minimum atomic E-state index is 0.0581. The third-order valence-electron chi connectivity index (χ3n) is 4.22. The van der Waals surface area contributed by atoms with Crippen LogP contribution in [0.25, 0.3) is 0 Å². The van der Waals surface area contributed by atoms with Gasteiger partial charge in [0.2, 0.25) is 0 Å². The molecule has 0 spiro atoms. The first kappa shape index (κ1) is 10.8. The molecule has 1 aliphatic carbocycles. The molecule has 0 bridgehead atoms. The van der Waals surface area contributed by atoms with Gasteiger partial charge in [-0.3, -0.25) is 4.79 Å². The van der Waals surface area contributed by atoms with Crippen molar-refractivity contribution in [1.29, 1.82) is 0 Å². The Morgan fingerprint density at radius 1 is 1.53 bits per heavy atom. The highest BCUT2D eigenvalue weighted by molar-refractivity contribution is 5.96. The minimum Gasteiger partial charge on any atom is -0.496 e. The number of methoxy groups -OCH3 is 1. The van der Waals surface area contributed by atoms with Gasteiger partial charge in [0.25, 0.3) is 0 Å². The number of piperidine rings is 1. The molecule has 0 aromatic heterocycles. The second kappa shape index (κ2) is 3.57. The maximum Gasteiger partial charge on any atom is 0.163 e. The molecule has 90 valence electrons. The lowest BCUT2D eigenvalue weighted by molar-refractivity contribution is 0.101. The summed E-state index contributed by atoms with van der Waals surface area (Å²) >= 11 is 0. The number of hydrogen-bond acceptors (Lipinski definition) is 3. The van der Waals surface area contributed by atoms with Gasteiger partial charge in [0.1, 0.15) is 5.75 Å². The van der Waals surface area contributed by atoms with Gasteiger partial charge in [-0.05, 0) is 43.5 Å². The van der Waals surface area contributed by atoms with Crippen molar-refractivity contribution < 1.29 is 9.53 Å². The number of Topliss-reactive ketones (excluding diaryl/α,β-unsaturated/α-hetero) is 1. The first-order chi connectivity index (χ1) is 8.17. The third-order valence-corrected chi connectivity index (χ3v) is 4.22. The Kier molecular flexibility index (Phi) is 2.26. The van der Waals surface area contributed by atoms with Crippen LogP contribution in [0.4, 0.5) is 0 Å². The van der Waals surface area contributed by atoms with E-state index in [2.05, 4.69) is 11.4 Å². The standard InChI is InChI=1S/C14H17NO2/c1-9(16)12-4-3-10(5-13(12)17-2)14-6-11(14)7-15-8-14/h3-5,11,15H,6-8H2,1-2H3. The van der Waals surface area contributed by atoms with Gasteiger partial charge >= 0.3 is 0 Å². The summed E-state index contributed by atoms with van der Waals surface area (Å²) in [5.74, 6) is 1.54. The smallest absolute Gasteiger partial charge is 0.163 e. The van der Waals surface area contributed by atoms with Gasteiger partial charge in [-0.2, -0.15) is 0 Å². The molecule has 1 saturated heterocycles. The van der Waals surface area contributed by atoms with Gasteiger partial charge in [0.05, 0.1) is 12.7 Å². The molecule has 1 aromatic rings. The van der Waals surface area contributed by atoms with E-state index in [0.29, 0.717) is 16.7 Å². The summed E-state index contributed by atoms with van der Waals surface area (Å²) in [6, 6.07) is 6.04. The molecule has 2 fully saturated rings. The highest BCUT2D eigenvalue weighted by atomic mass is 16.5. The van der Waals surface area contributed by atoms with Crippen molar-refractivity contribution in [2.45, 2.75) is 18.8 Å². The predicted molar refractivity (Wildman–Crippen MR) is 65.7 cm³/mol. The number of ether oxygens (including phenoxy) is 1. The van der Waals surface area contributed by atoms with Crippen LogP contribution in [0.3, 0.4) is 0 Å². The van der Waals surface area contributed by atoms with Gasteiger partial charge in [0.15, 0.2) is 5.78 Å². The van der Waals surface area contributed by atoms with E-state index in [-0.39, 0.29) is 5.78 Å². The molecule has 1 saturated carbocycles. The maximum atomic E-state index is 11.5. The molecule has 2 aliphatic rings. The Labute approximate surface area is 101 Å². The number of benzene rings is 1. The van der Waals surface area contributed by atoms with E-state index in [4.69, 9.17) is 4.74 Å². The van der Waals surface area contributed by atoms with E-state index in [1.54, 1.807) is 14.0 Å². The molecule has 0 amide bonds. The summed E-state index contributed by atoms with van der Waals surface area (Å²) in [6.45, 7) is 3.75. The quantitative estimate of drug-likeness (QED) is 0.806. The molecule has 17 heavy (non-hydrogen) atoms. The number of rotatable bonds is 3. The van der Waals surface area contributed by atoms with Crippen LogP contribution in [0.5, 0.6) is 5.75 Å². The van der Waals surface area contributed by atoms with Gasteiger partial charge < -0.3 is 10.1 Å². The van der Waals surface area contributed by atoms with Crippen LogP contribution in [-0.4, -0.2) is 26.0 Å². The van der Waals surface area contributed by atoms with Crippen molar-refractivity contribution >= 4 is 5.78 Å². The van der Waals surface area contributed by atoms with Crippen LogP contribution >= 0.6 is 0 Å². The van der Waals surface area contributed by atoms with E-state index < -0.39 is 0 Å². The number of fused-ring (bicyclic) bond motifs is 1. The summed E-state index contributed by atoms with van der Waals surface area (Å²) in [5.41, 5.74) is 2.31. The van der Waals surface area contributed by atoms with Crippen molar-refractivity contribution in [1.82, 2.24) is 5.32 Å². The topological polar surface area (TPSA) is 38.3 Å². The van der Waals surface area contributed by atoms with Crippen LogP contribution in [0.15, 0.2) is 18.2 Å². The Morgan fingerprint density at radius 3 is 2.88 bits per heavy atom. The molecule has 3 rings (SSSR count). The Bertz CT molecular complexity index is 483. The van der Waals surface area contributed by atoms with Crippen molar-refractivity contribution in [3.63, 3.8) is 0 Å². The number of carbonyl (C=O) groups excluding carboxylic acids is 1. The molecule has 1 aliphatic heterocycles. The van der Waals surface area contributed by atoms with Gasteiger partial charge in [-0.15, -0.1) is 0 Å². The van der Waals surface area contributed by atoms with E-state index >= 15 is 0 Å². The highest BCUT2D eigenvalue weighted by Gasteiger charge is 2.58. The zero-order chi connectivity index (χ0) is 12.0. The zero-order valence-electron chi connectivity index (χ0n) is 10.2. The SMILES string of the molecule is COc1cc(C23CNCC2C3)ccc1C(C)=O. The lowest BCUT2D eigenvalue weighted by atomic mass is 9.93. The van der Waals surface area contributed by atoms with Crippen LogP contribution < -0.4 is 10.1 Å². The van der Waals surface area contributed by atoms with Crippen LogP contribution in [0.2, 0.25) is 0 Å². The average molecular weight is 231 g/mol. The van der Waals surface area contributed by atoms with E-state index in [9.17, 15) is 4.79 Å². The van der Waals surface area contributed by atoms with E-state index in [1.807, 2.05) is 12.1 Å². The molecule has 1 N–H and O–H groups in total. The lowest BCUT2D eigenvalue weighted by Gasteiger charge is -2.15. The van der Waals surface area contributed by atoms with Crippen molar-refractivity contribution in [2.24, 2.45) is 5.92 Å². The molecular formula is C14H17NO2. The summed E-state index contributed by atoms with van der Waals surface area (Å²) < 4.78 is 5.33. The molecule has 3 heteroatoms. The number of nitrogens with one attached hydrogen (secondary N) is 1. The van der Waals surface area contributed by atoms with Crippen LogP contribution in [0, 0.1) is 5.92 Å². The fraction of sp³-hybridized carbons (Fsp3) is 0.500. The van der Waals surface area contributed by atoms with Crippen molar-refractivity contribution in [3.8, 4) is 5.75 Å². The largest absolute Gasteiger partial charge is 0.496 e. The molecular weight excluding hydrogens is 214 g/mol. The predicted octanol–water partition coefficient (Wildman–Crippen LogP) is 1.76. The second-order valence-corrected chi connectivity index (χ2v) is 5.16. The first-order valence-corrected chi connectivity index (χ1v) is 6.07. The van der Waals surface area contributed by atoms with Crippen molar-refractivity contribution in [3.05, 3.63) is 29.3 Å². The molecule has 3 nitrogen and oxygen atoms in total. The number of carbonyl (C=O) groups is 1. The molecule has 2 unspecified atom stereocenters. The van der Waals surface area contributed by atoms with E-state index in [1.165, 1.54) is 12.0 Å². The Balaban J connectivity index is 2.00. The third kappa shape index (κ3) is 1.49. The summed E-state index contributed by atoms with van der Waals surface area (Å²) in [5, 5.41) is 3.43. The van der Waals surface area contributed by atoms with E-state index in [0.717, 1.165) is 19.0 Å². The van der Waals surface area contributed by atoms with Crippen LogP contribution in [0.1, 0.15) is 29.3 Å². The minimum absolute atomic E-state index is 0.0581. The molecule has 1 aromatic carbocycles. The first-order valence-electron chi connectivity index (χ1n) is 6.07. The van der Waals surface area contributed by atoms with Crippen LogP contribution in [-0.2, 0) is 5.41 Å². The highest BCUT2D eigenvalue weighted by Crippen LogP contribution is 2.56. The van der Waals surface area contributed by atoms with Gasteiger partial charge in [0, 0.05) is 12.0 Å². The molecule has 1 heterocycles. The monoisotopic (exact) mass is 231 g/mol. The summed E-state index contributed by atoms with van der Waals surface area (Å²) in [6.07, 6.45) is 1.27. The Morgan fingerprint density at radius 2 is 2.35 bits per heavy atom. The van der Waals surface area contributed by atoms with Gasteiger partial charge in [-0.1, -0.05) is 6.07 Å². The summed E-state index contributed by atoms with van der Waals surface area (Å²) in [4.78, 5) is 11.5. The fourth-order valence-electron chi connectivity index (χ4n) is 3.08. The zero-order valence-corrected chi connectivity index (χ0v) is 10.2. The average Bonchev–Trinajstić information content (AvgIpc) is 2.91. The number of hydrogen-bond donors (Lipinski definition) is 1. The van der Waals surface area contributed by atoms with Gasteiger partial charge in [-0.25, -0.2) is 0 Å². The maximum absolute atomic E-state index is 11.5. The normalized spacial score (nSPS) is 29.9. The van der Waals surface area contributed by atoms with Crippen molar-refractivity contribution in [2.75, 3.05) is 20.2 Å². The fourth-order valence-corrected chi connectivity index (χ4v) is 3.08. The summed E-state index contributed by atoms with van der Waals surface area (Å²) in [7, 11) is 1.63. The number of ketones is 1. The second-order valence-electron chi connectivity index (χ2n) is 5.16. The molecule has 2 atom stereocenters.